The van der Waals surface area contributed by atoms with Crippen LogP contribution in [-0.4, -0.2) is 35.2 Å². The summed E-state index contributed by atoms with van der Waals surface area (Å²) in [5.74, 6) is -1.82. The second-order valence-electron chi connectivity index (χ2n) is 5.03. The Morgan fingerprint density at radius 1 is 1.35 bits per heavy atom. The summed E-state index contributed by atoms with van der Waals surface area (Å²) in [6.45, 7) is 0.0644. The van der Waals surface area contributed by atoms with Gasteiger partial charge in [-0.15, -0.1) is 0 Å². The van der Waals surface area contributed by atoms with E-state index in [1.807, 2.05) is 0 Å². The minimum atomic E-state index is -4.26. The van der Waals surface area contributed by atoms with Crippen molar-refractivity contribution in [1.82, 2.24) is 4.90 Å². The number of alkyl halides is 3. The highest BCUT2D eigenvalue weighted by atomic mass is 19.4. The van der Waals surface area contributed by atoms with E-state index in [2.05, 4.69) is 0 Å². The molecule has 1 amide bonds. The number of rotatable bonds is 2. The summed E-state index contributed by atoms with van der Waals surface area (Å²) in [4.78, 5) is 13.3. The molecule has 0 aliphatic carbocycles. The number of halogens is 3. The number of carbonyl (C=O) groups excluding carboxylic acids is 1. The van der Waals surface area contributed by atoms with E-state index in [-0.39, 0.29) is 31.0 Å². The number of phenolic OH excluding ortho intramolecular Hbond substituents is 1. The lowest BCUT2D eigenvalue weighted by Gasteiger charge is -2.33. The summed E-state index contributed by atoms with van der Waals surface area (Å²) in [7, 11) is 0. The predicted molar refractivity (Wildman–Crippen MR) is 67.2 cm³/mol. The topological polar surface area (TPSA) is 40.5 Å². The number of piperidine rings is 1. The molecule has 0 spiro atoms. The average molecular weight is 287 g/mol. The molecule has 0 aromatic heterocycles. The fourth-order valence-electron chi connectivity index (χ4n) is 2.41. The number of benzene rings is 1. The van der Waals surface area contributed by atoms with Crippen molar-refractivity contribution in [3.8, 4) is 5.75 Å². The predicted octanol–water partition coefficient (Wildman–Crippen LogP) is 2.74. The van der Waals surface area contributed by atoms with E-state index in [0.29, 0.717) is 18.5 Å². The van der Waals surface area contributed by atoms with Gasteiger partial charge in [-0.25, -0.2) is 0 Å². The molecule has 1 aromatic carbocycles. The Balaban J connectivity index is 2.01. The number of likely N-dealkylation sites (tertiary alicyclic amines) is 1. The van der Waals surface area contributed by atoms with E-state index in [9.17, 15) is 23.1 Å². The molecular weight excluding hydrogens is 271 g/mol. The largest absolute Gasteiger partial charge is 0.508 e. The lowest BCUT2D eigenvalue weighted by Crippen LogP contribution is -2.45. The second kappa shape index (κ2) is 5.73. The quantitative estimate of drug-likeness (QED) is 0.908. The Hall–Kier alpha value is -1.72. The normalized spacial score (nSPS) is 19.9. The van der Waals surface area contributed by atoms with Gasteiger partial charge in [0.05, 0.1) is 12.3 Å². The molecule has 0 radical (unpaired) electrons. The molecule has 1 atom stereocenters. The van der Waals surface area contributed by atoms with Crippen molar-refractivity contribution in [2.24, 2.45) is 5.92 Å². The Morgan fingerprint density at radius 3 is 2.70 bits per heavy atom. The summed E-state index contributed by atoms with van der Waals surface area (Å²) in [5, 5.41) is 9.59. The van der Waals surface area contributed by atoms with Crippen LogP contribution in [0.4, 0.5) is 13.2 Å². The molecule has 0 bridgehead atoms. The Kier molecular flexibility index (Phi) is 4.20. The molecule has 1 aliphatic heterocycles. The first kappa shape index (κ1) is 14.7. The molecule has 1 fully saturated rings. The number of amides is 1. The first-order valence-corrected chi connectivity index (χ1v) is 6.49. The van der Waals surface area contributed by atoms with Gasteiger partial charge in [-0.3, -0.25) is 4.79 Å². The van der Waals surface area contributed by atoms with Gasteiger partial charge in [0.1, 0.15) is 5.75 Å². The third-order valence-electron chi connectivity index (χ3n) is 3.57. The van der Waals surface area contributed by atoms with Crippen LogP contribution in [0.1, 0.15) is 18.4 Å². The van der Waals surface area contributed by atoms with Crippen molar-refractivity contribution < 1.29 is 23.1 Å². The first-order chi connectivity index (χ1) is 9.38. The van der Waals surface area contributed by atoms with Gasteiger partial charge in [-0.05, 0) is 18.9 Å². The van der Waals surface area contributed by atoms with Crippen LogP contribution in [0.25, 0.3) is 0 Å². The van der Waals surface area contributed by atoms with Crippen molar-refractivity contribution in [3.63, 3.8) is 0 Å². The summed E-state index contributed by atoms with van der Waals surface area (Å²) in [5.41, 5.74) is 0.437. The van der Waals surface area contributed by atoms with Crippen molar-refractivity contribution in [3.05, 3.63) is 29.8 Å². The van der Waals surface area contributed by atoms with Gasteiger partial charge in [-0.2, -0.15) is 13.2 Å². The molecule has 1 unspecified atom stereocenters. The Bertz CT molecular complexity index is 488. The molecule has 1 aromatic rings. The molecule has 110 valence electrons. The zero-order valence-electron chi connectivity index (χ0n) is 10.9. The third kappa shape index (κ3) is 3.43. The van der Waals surface area contributed by atoms with E-state index < -0.39 is 12.1 Å². The number of hydrogen-bond acceptors (Lipinski definition) is 2. The van der Waals surface area contributed by atoms with Crippen molar-refractivity contribution in [2.45, 2.75) is 25.4 Å². The van der Waals surface area contributed by atoms with Gasteiger partial charge in [-0.1, -0.05) is 18.2 Å². The fourth-order valence-corrected chi connectivity index (χ4v) is 2.41. The average Bonchev–Trinajstić information content (AvgIpc) is 2.40. The van der Waals surface area contributed by atoms with Gasteiger partial charge in [0.25, 0.3) is 0 Å². The van der Waals surface area contributed by atoms with Crippen LogP contribution in [0.15, 0.2) is 24.3 Å². The lowest BCUT2D eigenvalue weighted by atomic mass is 9.97. The monoisotopic (exact) mass is 287 g/mol. The molecule has 1 N–H and O–H groups in total. The minimum Gasteiger partial charge on any atom is -0.508 e. The highest BCUT2D eigenvalue weighted by molar-refractivity contribution is 5.79. The van der Waals surface area contributed by atoms with Crippen LogP contribution in [0.5, 0.6) is 5.75 Å². The standard InChI is InChI=1S/C14H16F3NO2/c15-14(16,17)11-5-3-7-18(9-11)13(20)8-10-4-1-2-6-12(10)19/h1-2,4,6,11,19H,3,5,7-9H2. The van der Waals surface area contributed by atoms with E-state index in [4.69, 9.17) is 0 Å². The molecule has 1 aliphatic rings. The zero-order valence-corrected chi connectivity index (χ0v) is 10.9. The molecular formula is C14H16F3NO2. The smallest absolute Gasteiger partial charge is 0.393 e. The first-order valence-electron chi connectivity index (χ1n) is 6.49. The van der Waals surface area contributed by atoms with Crippen molar-refractivity contribution in [1.29, 1.82) is 0 Å². The summed E-state index contributed by atoms with van der Waals surface area (Å²) >= 11 is 0. The van der Waals surface area contributed by atoms with Crippen molar-refractivity contribution >= 4 is 5.91 Å². The number of nitrogens with zero attached hydrogens (tertiary/aromatic N) is 1. The van der Waals surface area contributed by atoms with E-state index in [0.717, 1.165) is 0 Å². The van der Waals surface area contributed by atoms with E-state index in [1.54, 1.807) is 18.2 Å². The SMILES string of the molecule is O=C(Cc1ccccc1O)N1CCCC(C(F)(F)F)C1. The maximum Gasteiger partial charge on any atom is 0.393 e. The van der Waals surface area contributed by atoms with Crippen LogP contribution < -0.4 is 0 Å². The molecule has 6 heteroatoms. The molecule has 1 heterocycles. The maximum atomic E-state index is 12.7. The van der Waals surface area contributed by atoms with Crippen LogP contribution in [0, 0.1) is 5.92 Å². The third-order valence-corrected chi connectivity index (χ3v) is 3.57. The van der Waals surface area contributed by atoms with Crippen LogP contribution in [-0.2, 0) is 11.2 Å². The summed E-state index contributed by atoms with van der Waals surface area (Å²) in [6, 6.07) is 6.36. The minimum absolute atomic E-state index is 0.00905. The molecule has 20 heavy (non-hydrogen) atoms. The highest BCUT2D eigenvalue weighted by Gasteiger charge is 2.42. The van der Waals surface area contributed by atoms with Gasteiger partial charge in [0.15, 0.2) is 0 Å². The van der Waals surface area contributed by atoms with Gasteiger partial charge < -0.3 is 10.0 Å². The lowest BCUT2D eigenvalue weighted by molar-refractivity contribution is -0.187. The number of carbonyl (C=O) groups is 1. The van der Waals surface area contributed by atoms with Gasteiger partial charge in [0.2, 0.25) is 5.91 Å². The number of aromatic hydroxyl groups is 1. The Morgan fingerprint density at radius 2 is 2.05 bits per heavy atom. The molecule has 3 nitrogen and oxygen atoms in total. The maximum absolute atomic E-state index is 12.7. The number of para-hydroxylation sites is 1. The summed E-state index contributed by atoms with van der Waals surface area (Å²) < 4.78 is 38.1. The zero-order chi connectivity index (χ0) is 14.8. The van der Waals surface area contributed by atoms with E-state index >= 15 is 0 Å². The molecule has 1 saturated heterocycles. The van der Waals surface area contributed by atoms with Crippen molar-refractivity contribution in [2.75, 3.05) is 13.1 Å². The van der Waals surface area contributed by atoms with Crippen LogP contribution in [0.2, 0.25) is 0 Å². The Labute approximate surface area is 115 Å². The summed E-state index contributed by atoms with van der Waals surface area (Å²) in [6.07, 6.45) is -3.90. The number of phenols is 1. The second-order valence-corrected chi connectivity index (χ2v) is 5.03. The van der Waals surface area contributed by atoms with E-state index in [1.165, 1.54) is 11.0 Å². The van der Waals surface area contributed by atoms with Gasteiger partial charge in [0, 0.05) is 18.7 Å². The van der Waals surface area contributed by atoms with Crippen LogP contribution >= 0.6 is 0 Å². The van der Waals surface area contributed by atoms with Crippen LogP contribution in [0.3, 0.4) is 0 Å². The molecule has 2 rings (SSSR count). The fraction of sp³-hybridized carbons (Fsp3) is 0.500. The van der Waals surface area contributed by atoms with Gasteiger partial charge >= 0.3 is 6.18 Å². The molecule has 0 saturated carbocycles. The highest BCUT2D eigenvalue weighted by Crippen LogP contribution is 2.33. The number of hydrogen-bond donors (Lipinski definition) is 1.